The third kappa shape index (κ3) is 5.38. The summed E-state index contributed by atoms with van der Waals surface area (Å²) in [6.07, 6.45) is 1.63. The van der Waals surface area contributed by atoms with E-state index in [-0.39, 0.29) is 30.1 Å². The summed E-state index contributed by atoms with van der Waals surface area (Å²) < 4.78 is 25.0. The van der Waals surface area contributed by atoms with Gasteiger partial charge in [0, 0.05) is 10.6 Å². The molecule has 0 aliphatic carbocycles. The summed E-state index contributed by atoms with van der Waals surface area (Å²) in [6, 6.07) is 18.5. The summed E-state index contributed by atoms with van der Waals surface area (Å²) >= 11 is 6.78. The molecular formula is C25H19ClFNO4S. The van der Waals surface area contributed by atoms with E-state index >= 15 is 0 Å². The normalized spacial score (nSPS) is 14.8. The molecule has 1 heterocycles. The number of methoxy groups -OCH3 is 1. The second kappa shape index (κ2) is 10.1. The number of ether oxygens (including phenoxy) is 2. The number of rotatable bonds is 7. The fourth-order valence-corrected chi connectivity index (χ4v) is 4.19. The summed E-state index contributed by atoms with van der Waals surface area (Å²) in [4.78, 5) is 26.8. The predicted octanol–water partition coefficient (Wildman–Crippen LogP) is 6.30. The topological polar surface area (TPSA) is 55.8 Å². The van der Waals surface area contributed by atoms with Gasteiger partial charge < -0.3 is 9.47 Å². The molecule has 33 heavy (non-hydrogen) atoms. The Morgan fingerprint density at radius 2 is 1.79 bits per heavy atom. The number of benzene rings is 3. The summed E-state index contributed by atoms with van der Waals surface area (Å²) in [5.41, 5.74) is 1.86. The number of hydrogen-bond donors (Lipinski definition) is 0. The van der Waals surface area contributed by atoms with Crippen molar-refractivity contribution in [3.63, 3.8) is 0 Å². The Bertz CT molecular complexity index is 1230. The van der Waals surface area contributed by atoms with Crippen LogP contribution in [0.1, 0.15) is 16.7 Å². The zero-order valence-electron chi connectivity index (χ0n) is 17.6. The van der Waals surface area contributed by atoms with E-state index in [2.05, 4.69) is 0 Å². The fraction of sp³-hybridized carbons (Fsp3) is 0.120. The van der Waals surface area contributed by atoms with E-state index in [0.717, 1.165) is 17.3 Å². The van der Waals surface area contributed by atoms with Gasteiger partial charge in [-0.1, -0.05) is 48.0 Å². The minimum absolute atomic E-state index is 0.0180. The number of imide groups is 1. The SMILES string of the molecule is COc1ccc(/C=C2\SC(=O)N(Cc3ccc(Cl)cc3)C2=O)cc1OCc1ccccc1F. The molecule has 0 bridgehead atoms. The van der Waals surface area contributed by atoms with E-state index in [1.807, 2.05) is 0 Å². The van der Waals surface area contributed by atoms with Crippen molar-refractivity contribution in [1.29, 1.82) is 0 Å². The highest BCUT2D eigenvalue weighted by Crippen LogP contribution is 2.35. The minimum atomic E-state index is -0.371. The first kappa shape index (κ1) is 22.9. The molecule has 1 fully saturated rings. The van der Waals surface area contributed by atoms with Crippen molar-refractivity contribution >= 4 is 40.6 Å². The zero-order valence-corrected chi connectivity index (χ0v) is 19.2. The Hall–Kier alpha value is -3.29. The van der Waals surface area contributed by atoms with Crippen LogP contribution in [0.15, 0.2) is 71.6 Å². The Morgan fingerprint density at radius 3 is 2.52 bits per heavy atom. The van der Waals surface area contributed by atoms with Gasteiger partial charge in [-0.25, -0.2) is 4.39 Å². The lowest BCUT2D eigenvalue weighted by molar-refractivity contribution is -0.123. The van der Waals surface area contributed by atoms with E-state index < -0.39 is 0 Å². The monoisotopic (exact) mass is 483 g/mol. The van der Waals surface area contributed by atoms with Crippen LogP contribution in [-0.4, -0.2) is 23.2 Å². The standard InChI is InChI=1S/C25H19ClFNO4S/c1-31-21-11-8-17(12-22(21)32-15-18-4-2-3-5-20(18)27)13-23-24(29)28(25(30)33-23)14-16-6-9-19(26)10-7-16/h2-13H,14-15H2,1H3/b23-13-. The lowest BCUT2D eigenvalue weighted by Gasteiger charge is -2.13. The second-order valence-corrected chi connectivity index (χ2v) is 8.61. The van der Waals surface area contributed by atoms with Gasteiger partial charge in [0.2, 0.25) is 0 Å². The van der Waals surface area contributed by atoms with Crippen molar-refractivity contribution in [1.82, 2.24) is 4.90 Å². The largest absolute Gasteiger partial charge is 0.493 e. The molecule has 0 unspecified atom stereocenters. The third-order valence-electron chi connectivity index (χ3n) is 4.95. The molecule has 0 saturated carbocycles. The van der Waals surface area contributed by atoms with E-state index in [0.29, 0.717) is 32.6 Å². The van der Waals surface area contributed by atoms with Crippen LogP contribution in [0.5, 0.6) is 11.5 Å². The van der Waals surface area contributed by atoms with Gasteiger partial charge in [-0.2, -0.15) is 0 Å². The molecule has 1 aliphatic rings. The van der Waals surface area contributed by atoms with Gasteiger partial charge in [0.15, 0.2) is 11.5 Å². The van der Waals surface area contributed by atoms with E-state index in [1.54, 1.807) is 66.7 Å². The van der Waals surface area contributed by atoms with Gasteiger partial charge in [-0.05, 0) is 59.3 Å². The number of thioether (sulfide) groups is 1. The molecule has 0 spiro atoms. The van der Waals surface area contributed by atoms with Crippen molar-refractivity contribution in [2.24, 2.45) is 0 Å². The lowest BCUT2D eigenvalue weighted by Crippen LogP contribution is -2.27. The van der Waals surface area contributed by atoms with Crippen molar-refractivity contribution in [2.75, 3.05) is 7.11 Å². The highest BCUT2D eigenvalue weighted by molar-refractivity contribution is 8.18. The van der Waals surface area contributed by atoms with Gasteiger partial charge in [0.05, 0.1) is 18.6 Å². The Kier molecular flexibility index (Phi) is 7.01. The predicted molar refractivity (Wildman–Crippen MR) is 127 cm³/mol. The zero-order chi connectivity index (χ0) is 23.4. The molecule has 8 heteroatoms. The Morgan fingerprint density at radius 1 is 1.03 bits per heavy atom. The van der Waals surface area contributed by atoms with Crippen LogP contribution in [0, 0.1) is 5.82 Å². The molecule has 0 atom stereocenters. The Balaban J connectivity index is 1.52. The van der Waals surface area contributed by atoms with Gasteiger partial charge in [0.1, 0.15) is 12.4 Å². The number of halogens is 2. The minimum Gasteiger partial charge on any atom is -0.493 e. The van der Waals surface area contributed by atoms with Crippen molar-refractivity contribution in [3.05, 3.63) is 99.2 Å². The maximum Gasteiger partial charge on any atom is 0.293 e. The lowest BCUT2D eigenvalue weighted by atomic mass is 10.1. The summed E-state index contributed by atoms with van der Waals surface area (Å²) in [7, 11) is 1.51. The van der Waals surface area contributed by atoms with Gasteiger partial charge in [-0.3, -0.25) is 14.5 Å². The smallest absolute Gasteiger partial charge is 0.293 e. The van der Waals surface area contributed by atoms with E-state index in [1.165, 1.54) is 18.1 Å². The van der Waals surface area contributed by atoms with E-state index in [4.69, 9.17) is 21.1 Å². The number of nitrogens with zero attached hydrogens (tertiary/aromatic N) is 1. The van der Waals surface area contributed by atoms with Crippen molar-refractivity contribution < 1.29 is 23.5 Å². The number of carbonyl (C=O) groups is 2. The fourth-order valence-electron chi connectivity index (χ4n) is 3.23. The average Bonchev–Trinajstić information content (AvgIpc) is 3.07. The van der Waals surface area contributed by atoms with Crippen LogP contribution in [0.25, 0.3) is 6.08 Å². The molecule has 5 nitrogen and oxygen atoms in total. The van der Waals surface area contributed by atoms with Crippen LogP contribution in [0.4, 0.5) is 9.18 Å². The second-order valence-electron chi connectivity index (χ2n) is 7.18. The molecule has 0 aromatic heterocycles. The first-order valence-electron chi connectivity index (χ1n) is 9.98. The van der Waals surface area contributed by atoms with Crippen LogP contribution >= 0.6 is 23.4 Å². The van der Waals surface area contributed by atoms with Gasteiger partial charge >= 0.3 is 0 Å². The molecule has 168 valence electrons. The first-order chi connectivity index (χ1) is 15.9. The highest BCUT2D eigenvalue weighted by Gasteiger charge is 2.35. The summed E-state index contributed by atoms with van der Waals surface area (Å²) in [5.74, 6) is 0.140. The molecule has 4 rings (SSSR count). The summed E-state index contributed by atoms with van der Waals surface area (Å²) in [6.45, 7) is 0.183. The maximum atomic E-state index is 13.9. The van der Waals surface area contributed by atoms with Crippen molar-refractivity contribution in [2.45, 2.75) is 13.2 Å². The quantitative estimate of drug-likeness (QED) is 0.369. The molecule has 3 aromatic carbocycles. The van der Waals surface area contributed by atoms with E-state index in [9.17, 15) is 14.0 Å². The molecule has 0 radical (unpaired) electrons. The number of amides is 2. The van der Waals surface area contributed by atoms with Gasteiger partial charge in [0.25, 0.3) is 11.1 Å². The van der Waals surface area contributed by atoms with Crippen LogP contribution in [0.3, 0.4) is 0 Å². The molecule has 3 aromatic rings. The molecule has 2 amide bonds. The first-order valence-corrected chi connectivity index (χ1v) is 11.2. The van der Waals surface area contributed by atoms with Crippen LogP contribution in [0.2, 0.25) is 5.02 Å². The molecule has 0 N–H and O–H groups in total. The molecular weight excluding hydrogens is 465 g/mol. The highest BCUT2D eigenvalue weighted by atomic mass is 35.5. The van der Waals surface area contributed by atoms with Crippen LogP contribution < -0.4 is 9.47 Å². The van der Waals surface area contributed by atoms with Crippen LogP contribution in [-0.2, 0) is 17.9 Å². The summed E-state index contributed by atoms with van der Waals surface area (Å²) in [5, 5.41) is 0.242. The average molecular weight is 484 g/mol. The third-order valence-corrected chi connectivity index (χ3v) is 6.11. The van der Waals surface area contributed by atoms with Gasteiger partial charge in [-0.15, -0.1) is 0 Å². The van der Waals surface area contributed by atoms with Crippen molar-refractivity contribution in [3.8, 4) is 11.5 Å². The molecule has 1 aliphatic heterocycles. The maximum absolute atomic E-state index is 13.9. The molecule has 1 saturated heterocycles. The Labute approximate surface area is 199 Å². The number of hydrogen-bond acceptors (Lipinski definition) is 5. The number of carbonyl (C=O) groups excluding carboxylic acids is 2.